The predicted octanol–water partition coefficient (Wildman–Crippen LogP) is 5.79. The lowest BCUT2D eigenvalue weighted by molar-refractivity contribution is -0.137. The first-order valence-electron chi connectivity index (χ1n) is 8.48. The highest BCUT2D eigenvalue weighted by Crippen LogP contribution is 2.44. The lowest BCUT2D eigenvalue weighted by Crippen LogP contribution is -2.44. The fraction of sp³-hybridized carbons (Fsp3) is 0.316. The van der Waals surface area contributed by atoms with Crippen LogP contribution in [0.3, 0.4) is 0 Å². The Morgan fingerprint density at radius 3 is 2.63 bits per heavy atom. The van der Waals surface area contributed by atoms with Crippen LogP contribution < -0.4 is 5.32 Å². The van der Waals surface area contributed by atoms with Gasteiger partial charge in [-0.1, -0.05) is 17.7 Å². The first kappa shape index (κ1) is 18.1. The first-order chi connectivity index (χ1) is 12.7. The van der Waals surface area contributed by atoms with Crippen LogP contribution in [-0.4, -0.2) is 17.0 Å². The monoisotopic (exact) mass is 398 g/mol. The number of amides is 2. The van der Waals surface area contributed by atoms with Crippen molar-refractivity contribution < 1.29 is 22.4 Å². The molecule has 2 amide bonds. The highest BCUT2D eigenvalue weighted by atomic mass is 35.5. The quantitative estimate of drug-likeness (QED) is 0.606. The van der Waals surface area contributed by atoms with Crippen LogP contribution >= 0.6 is 11.6 Å². The number of carbonyl (C=O) groups excluding carboxylic acids is 1. The standard InChI is InChI=1S/C19H15ClF4N2O/c20-16-9-12(3-5-15(16)19(22,23)24)25-18(27)26-13-4-6-17(26)14-8-11(21)2-1-10(14)7-13/h1-3,5,8-9,13,17H,4,6-7H2,(H,25,27). The highest BCUT2D eigenvalue weighted by molar-refractivity contribution is 6.31. The van der Waals surface area contributed by atoms with Gasteiger partial charge >= 0.3 is 12.2 Å². The minimum absolute atomic E-state index is 0.0159. The van der Waals surface area contributed by atoms with E-state index in [9.17, 15) is 22.4 Å². The van der Waals surface area contributed by atoms with E-state index in [2.05, 4.69) is 5.32 Å². The van der Waals surface area contributed by atoms with Crippen molar-refractivity contribution in [1.82, 2.24) is 4.90 Å². The Labute approximate surface area is 157 Å². The number of fused-ring (bicyclic) bond motifs is 4. The van der Waals surface area contributed by atoms with Crippen molar-refractivity contribution >= 4 is 23.3 Å². The fourth-order valence-corrected chi connectivity index (χ4v) is 4.31. The predicted molar refractivity (Wildman–Crippen MR) is 93.2 cm³/mol. The molecule has 0 aromatic heterocycles. The van der Waals surface area contributed by atoms with Gasteiger partial charge in [-0.05, 0) is 60.7 Å². The van der Waals surface area contributed by atoms with E-state index in [0.717, 1.165) is 36.1 Å². The summed E-state index contributed by atoms with van der Waals surface area (Å²) in [5.41, 5.74) is 1.06. The zero-order valence-corrected chi connectivity index (χ0v) is 14.7. The highest BCUT2D eigenvalue weighted by Gasteiger charge is 2.42. The maximum Gasteiger partial charge on any atom is 0.417 e. The number of nitrogens with zero attached hydrogens (tertiary/aromatic N) is 1. The molecule has 2 heterocycles. The van der Waals surface area contributed by atoms with E-state index in [-0.39, 0.29) is 23.6 Å². The van der Waals surface area contributed by atoms with Crippen molar-refractivity contribution in [3.63, 3.8) is 0 Å². The molecule has 2 aromatic carbocycles. The molecule has 2 atom stereocenters. The van der Waals surface area contributed by atoms with Crippen LogP contribution in [0.1, 0.15) is 35.6 Å². The van der Waals surface area contributed by atoms with Crippen molar-refractivity contribution in [2.45, 2.75) is 37.5 Å². The Bertz CT molecular complexity index is 915. The minimum atomic E-state index is -4.56. The summed E-state index contributed by atoms with van der Waals surface area (Å²) >= 11 is 5.71. The van der Waals surface area contributed by atoms with Crippen LogP contribution in [0.4, 0.5) is 28.0 Å². The number of nitrogens with one attached hydrogen (secondary N) is 1. The van der Waals surface area contributed by atoms with Gasteiger partial charge in [-0.2, -0.15) is 13.2 Å². The molecule has 1 fully saturated rings. The van der Waals surface area contributed by atoms with Gasteiger partial charge in [0.05, 0.1) is 16.6 Å². The number of halogens is 5. The fourth-order valence-electron chi connectivity index (χ4n) is 4.02. The molecule has 0 saturated carbocycles. The number of carbonyl (C=O) groups is 1. The summed E-state index contributed by atoms with van der Waals surface area (Å²) in [4.78, 5) is 14.4. The molecule has 3 nitrogen and oxygen atoms in total. The van der Waals surface area contributed by atoms with E-state index in [0.29, 0.717) is 6.42 Å². The van der Waals surface area contributed by atoms with E-state index >= 15 is 0 Å². The van der Waals surface area contributed by atoms with Crippen LogP contribution in [0.2, 0.25) is 5.02 Å². The number of hydrogen-bond acceptors (Lipinski definition) is 1. The number of alkyl halides is 3. The molecule has 0 radical (unpaired) electrons. The van der Waals surface area contributed by atoms with Gasteiger partial charge in [0.15, 0.2) is 0 Å². The average molecular weight is 399 g/mol. The van der Waals surface area contributed by atoms with E-state index in [1.165, 1.54) is 18.2 Å². The van der Waals surface area contributed by atoms with Crippen molar-refractivity contribution in [2.75, 3.05) is 5.32 Å². The maximum absolute atomic E-state index is 13.6. The van der Waals surface area contributed by atoms with Crippen molar-refractivity contribution in [3.8, 4) is 0 Å². The van der Waals surface area contributed by atoms with Gasteiger partial charge in [-0.15, -0.1) is 0 Å². The average Bonchev–Trinajstić information content (AvgIpc) is 2.90. The third kappa shape index (κ3) is 3.25. The van der Waals surface area contributed by atoms with Crippen LogP contribution in [0, 0.1) is 5.82 Å². The smallest absolute Gasteiger partial charge is 0.314 e. The molecule has 27 heavy (non-hydrogen) atoms. The van der Waals surface area contributed by atoms with Gasteiger partial charge in [-0.3, -0.25) is 0 Å². The lowest BCUT2D eigenvalue weighted by atomic mass is 9.93. The summed E-state index contributed by atoms with van der Waals surface area (Å²) in [5.74, 6) is -0.353. The number of urea groups is 1. The summed E-state index contributed by atoms with van der Waals surface area (Å²) in [5, 5.41) is 2.14. The lowest BCUT2D eigenvalue weighted by Gasteiger charge is -2.36. The molecule has 2 unspecified atom stereocenters. The molecular formula is C19H15ClF4N2O. The summed E-state index contributed by atoms with van der Waals surface area (Å²) in [6.45, 7) is 0. The Hall–Kier alpha value is -2.28. The molecule has 2 aliphatic heterocycles. The minimum Gasteiger partial charge on any atom is -0.314 e. The molecule has 1 N–H and O–H groups in total. The number of benzene rings is 2. The molecule has 2 aromatic rings. The zero-order valence-electron chi connectivity index (χ0n) is 14.0. The molecule has 142 valence electrons. The third-order valence-electron chi connectivity index (χ3n) is 5.19. The summed E-state index contributed by atoms with van der Waals surface area (Å²) in [6.07, 6.45) is -2.41. The van der Waals surface area contributed by atoms with Crippen molar-refractivity contribution in [3.05, 3.63) is 63.9 Å². The van der Waals surface area contributed by atoms with Gasteiger partial charge < -0.3 is 10.2 Å². The van der Waals surface area contributed by atoms with E-state index in [4.69, 9.17) is 11.6 Å². The van der Waals surface area contributed by atoms with Gasteiger partial charge in [0.25, 0.3) is 0 Å². The van der Waals surface area contributed by atoms with Gasteiger partial charge in [-0.25, -0.2) is 9.18 Å². The van der Waals surface area contributed by atoms with E-state index < -0.39 is 22.8 Å². The second-order valence-corrected chi connectivity index (χ2v) is 7.23. The SMILES string of the molecule is O=C(Nc1ccc(C(F)(F)F)c(Cl)c1)N1C2CCC1c1cc(F)ccc1C2. The van der Waals surface area contributed by atoms with E-state index in [1.54, 1.807) is 11.0 Å². The van der Waals surface area contributed by atoms with Gasteiger partial charge in [0.1, 0.15) is 5.82 Å². The second kappa shape index (κ2) is 6.41. The molecule has 2 bridgehead atoms. The Morgan fingerprint density at radius 1 is 1.15 bits per heavy atom. The molecule has 8 heteroatoms. The molecule has 4 rings (SSSR count). The second-order valence-electron chi connectivity index (χ2n) is 6.82. The Kier molecular flexibility index (Phi) is 4.29. The van der Waals surface area contributed by atoms with E-state index in [1.807, 2.05) is 0 Å². The summed E-state index contributed by atoms with van der Waals surface area (Å²) < 4.78 is 52.1. The molecule has 2 aliphatic rings. The van der Waals surface area contributed by atoms with Crippen LogP contribution in [0.5, 0.6) is 0 Å². The largest absolute Gasteiger partial charge is 0.417 e. The van der Waals surface area contributed by atoms with Gasteiger partial charge in [0.2, 0.25) is 0 Å². The van der Waals surface area contributed by atoms with Crippen LogP contribution in [0.15, 0.2) is 36.4 Å². The third-order valence-corrected chi connectivity index (χ3v) is 5.50. The topological polar surface area (TPSA) is 32.3 Å². The van der Waals surface area contributed by atoms with Crippen LogP contribution in [0.25, 0.3) is 0 Å². The van der Waals surface area contributed by atoms with Crippen molar-refractivity contribution in [1.29, 1.82) is 0 Å². The van der Waals surface area contributed by atoms with Crippen molar-refractivity contribution in [2.24, 2.45) is 0 Å². The molecule has 0 spiro atoms. The van der Waals surface area contributed by atoms with Gasteiger partial charge in [0, 0.05) is 11.7 Å². The first-order valence-corrected chi connectivity index (χ1v) is 8.86. The number of anilines is 1. The normalized spacial score (nSPS) is 21.1. The maximum atomic E-state index is 13.6. The van der Waals surface area contributed by atoms with Crippen LogP contribution in [-0.2, 0) is 12.6 Å². The Morgan fingerprint density at radius 2 is 1.93 bits per heavy atom. The molecule has 0 aliphatic carbocycles. The molecule has 1 saturated heterocycles. The summed E-state index contributed by atoms with van der Waals surface area (Å²) in [6, 6.07) is 7.04. The molecular weight excluding hydrogens is 384 g/mol. The Balaban J connectivity index is 1.57. The number of hydrogen-bond donors (Lipinski definition) is 1. The summed E-state index contributed by atoms with van der Waals surface area (Å²) in [7, 11) is 0. The number of rotatable bonds is 1. The zero-order chi connectivity index (χ0) is 19.3.